The van der Waals surface area contributed by atoms with Crippen LogP contribution in [-0.4, -0.2) is 13.1 Å². The van der Waals surface area contributed by atoms with Gasteiger partial charge >= 0.3 is 0 Å². The summed E-state index contributed by atoms with van der Waals surface area (Å²) in [7, 11) is 0. The topological polar surface area (TPSA) is 16.6 Å². The zero-order valence-electron chi connectivity index (χ0n) is 4.57. The Kier molecular flexibility index (Phi) is 7.32. The first-order valence-corrected chi connectivity index (χ1v) is 3.24. The average Bonchev–Trinajstić information content (AvgIpc) is 2.17. The summed E-state index contributed by atoms with van der Waals surface area (Å²) in [5.41, 5.74) is 0. The van der Waals surface area contributed by atoms with Crippen LogP contribution in [0.15, 0.2) is 0 Å². The fourth-order valence-corrected chi connectivity index (χ4v) is 0.722. The van der Waals surface area contributed by atoms with Crippen LogP contribution in [0.25, 0.3) is 0 Å². The van der Waals surface area contributed by atoms with Gasteiger partial charge in [0.2, 0.25) is 0 Å². The van der Waals surface area contributed by atoms with E-state index in [4.69, 9.17) is 0 Å². The Morgan fingerprint density at radius 2 is 1.50 bits per heavy atom. The molecule has 1 aliphatic rings. The molecule has 8 heavy (non-hydrogen) atoms. The molecule has 0 aromatic rings. The van der Waals surface area contributed by atoms with E-state index in [1.165, 1.54) is 25.9 Å². The highest BCUT2D eigenvalue weighted by Gasteiger charge is 1.97. The molecule has 0 spiro atoms. The summed E-state index contributed by atoms with van der Waals surface area (Å²) in [4.78, 5) is 0. The van der Waals surface area contributed by atoms with E-state index >= 15 is 0 Å². The molecule has 0 radical (unpaired) electrons. The largest absolute Gasteiger partial charge is 0.346 e. The minimum Gasteiger partial charge on any atom is -0.346 e. The number of quaternary nitrogens is 1. The molecule has 0 bridgehead atoms. The molecule has 2 N–H and O–H groups in total. The quantitative estimate of drug-likeness (QED) is 0.530. The predicted octanol–water partition coefficient (Wildman–Crippen LogP) is 0.832. The summed E-state index contributed by atoms with van der Waals surface area (Å²) < 4.78 is 19.1. The van der Waals surface area contributed by atoms with Gasteiger partial charge in [-0.25, -0.2) is 0 Å². The summed E-state index contributed by atoms with van der Waals surface area (Å²) in [6.45, 7) is 2.75. The summed E-state index contributed by atoms with van der Waals surface area (Å²) in [5.74, 6) is 0. The smallest absolute Gasteiger partial charge is 0.255 e. The van der Waals surface area contributed by atoms with Crippen molar-refractivity contribution in [2.75, 3.05) is 13.1 Å². The molecular formula is C4H10F2NS+. The Labute approximate surface area is 52.4 Å². The number of rotatable bonds is 0. The first kappa shape index (κ1) is 8.17. The van der Waals surface area contributed by atoms with E-state index < -0.39 is 12.5 Å². The fraction of sp³-hybridized carbons (Fsp3) is 1.00. The minimum atomic E-state index is -1.25. The third-order valence-electron chi connectivity index (χ3n) is 1.07. The van der Waals surface area contributed by atoms with Gasteiger partial charge in [0, 0.05) is 12.8 Å². The van der Waals surface area contributed by atoms with Crippen LogP contribution < -0.4 is 5.32 Å². The van der Waals surface area contributed by atoms with Crippen molar-refractivity contribution in [1.82, 2.24) is 0 Å². The van der Waals surface area contributed by atoms with Crippen molar-refractivity contribution in [3.63, 3.8) is 0 Å². The minimum absolute atomic E-state index is 1.25. The van der Waals surface area contributed by atoms with Crippen molar-refractivity contribution in [1.29, 1.82) is 0 Å². The summed E-state index contributed by atoms with van der Waals surface area (Å²) in [5, 5.41) is 2.36. The van der Waals surface area contributed by atoms with Crippen LogP contribution in [0.5, 0.6) is 0 Å². The lowest BCUT2D eigenvalue weighted by Gasteiger charge is -1.73. The van der Waals surface area contributed by atoms with Crippen LogP contribution in [0.3, 0.4) is 0 Å². The van der Waals surface area contributed by atoms with Crippen molar-refractivity contribution < 1.29 is 13.1 Å². The molecular weight excluding hydrogens is 132 g/mol. The van der Waals surface area contributed by atoms with E-state index in [2.05, 4.69) is 5.32 Å². The molecule has 0 atom stereocenters. The molecule has 0 unspecified atom stereocenters. The molecule has 50 valence electrons. The highest BCUT2D eigenvalue weighted by atomic mass is 32.2. The zero-order chi connectivity index (χ0) is 6.24. The molecule has 0 aromatic carbocycles. The molecule has 1 nitrogen and oxygen atoms in total. The van der Waals surface area contributed by atoms with Crippen LogP contribution in [-0.2, 0) is 0 Å². The maximum absolute atomic E-state index is 9.54. The molecule has 0 saturated carbocycles. The van der Waals surface area contributed by atoms with Crippen LogP contribution in [0, 0.1) is 0 Å². The lowest BCUT2D eigenvalue weighted by atomic mass is 10.4. The van der Waals surface area contributed by atoms with Crippen molar-refractivity contribution in [3.05, 3.63) is 0 Å². The van der Waals surface area contributed by atoms with Crippen molar-refractivity contribution in [3.8, 4) is 0 Å². The van der Waals surface area contributed by atoms with Gasteiger partial charge in [-0.1, -0.05) is 0 Å². The van der Waals surface area contributed by atoms with Crippen molar-refractivity contribution in [2.45, 2.75) is 12.8 Å². The highest BCUT2D eigenvalue weighted by Crippen LogP contribution is 1.95. The van der Waals surface area contributed by atoms with Crippen LogP contribution in [0.4, 0.5) is 7.77 Å². The van der Waals surface area contributed by atoms with Crippen LogP contribution in [0.2, 0.25) is 0 Å². The summed E-state index contributed by atoms with van der Waals surface area (Å²) in [6.07, 6.45) is 2.89. The molecule has 0 aromatic heterocycles. The first-order valence-electron chi connectivity index (χ1n) is 2.63. The van der Waals surface area contributed by atoms with Gasteiger partial charge in [-0.3, -0.25) is 0 Å². The van der Waals surface area contributed by atoms with E-state index in [0.29, 0.717) is 0 Å². The zero-order valence-corrected chi connectivity index (χ0v) is 5.39. The van der Waals surface area contributed by atoms with Gasteiger partial charge < -0.3 is 5.32 Å². The van der Waals surface area contributed by atoms with Gasteiger partial charge in [0.05, 0.1) is 13.1 Å². The van der Waals surface area contributed by atoms with Crippen LogP contribution in [0.1, 0.15) is 12.8 Å². The van der Waals surface area contributed by atoms with Gasteiger partial charge in [0.15, 0.2) is 0 Å². The molecule has 1 saturated heterocycles. The Morgan fingerprint density at radius 3 is 1.62 bits per heavy atom. The molecule has 1 fully saturated rings. The second kappa shape index (κ2) is 7.17. The molecule has 0 aliphatic carbocycles. The van der Waals surface area contributed by atoms with Gasteiger partial charge in [0.25, 0.3) is 12.5 Å². The number of halogens is 2. The number of nitrogens with two attached hydrogens (primary N) is 1. The summed E-state index contributed by atoms with van der Waals surface area (Å²) >= 11 is -1.25. The van der Waals surface area contributed by atoms with E-state index in [9.17, 15) is 7.77 Å². The van der Waals surface area contributed by atoms with Gasteiger partial charge in [0.1, 0.15) is 0 Å². The fourth-order valence-electron chi connectivity index (χ4n) is 0.722. The maximum atomic E-state index is 9.54. The molecule has 1 rings (SSSR count). The predicted molar refractivity (Wildman–Crippen MR) is 30.7 cm³/mol. The second-order valence-corrected chi connectivity index (χ2v) is 1.75. The van der Waals surface area contributed by atoms with E-state index in [1.807, 2.05) is 0 Å². The Morgan fingerprint density at radius 1 is 1.12 bits per heavy atom. The van der Waals surface area contributed by atoms with Gasteiger partial charge in [-0.15, -0.1) is 7.77 Å². The lowest BCUT2D eigenvalue weighted by Crippen LogP contribution is -2.80. The maximum Gasteiger partial charge on any atom is 0.255 e. The third kappa shape index (κ3) is 6.17. The molecule has 1 heterocycles. The van der Waals surface area contributed by atoms with E-state index in [0.717, 1.165) is 0 Å². The first-order chi connectivity index (χ1) is 3.91. The lowest BCUT2D eigenvalue weighted by molar-refractivity contribution is -0.635. The van der Waals surface area contributed by atoms with Crippen LogP contribution >= 0.6 is 12.5 Å². The summed E-state index contributed by atoms with van der Waals surface area (Å²) in [6, 6.07) is 0. The Bertz CT molecular complexity index is 33.4. The van der Waals surface area contributed by atoms with Gasteiger partial charge in [-0.05, 0) is 0 Å². The standard InChI is InChI=1S/C4H9N.F2S/c1-2-4-5-3-1;1-3-2/h5H,1-4H2;/p+1. The highest BCUT2D eigenvalue weighted by molar-refractivity contribution is 7.89. The Hall–Kier alpha value is 0.170. The SMILES string of the molecule is C1CC[NH2+]C1.FSF. The molecule has 1 aliphatic heterocycles. The average molecular weight is 142 g/mol. The second-order valence-electron chi connectivity index (χ2n) is 1.63. The monoisotopic (exact) mass is 142 g/mol. The molecule has 4 heteroatoms. The Balaban J connectivity index is 0.000000145. The van der Waals surface area contributed by atoms with Crippen molar-refractivity contribution >= 4 is 12.5 Å². The van der Waals surface area contributed by atoms with Gasteiger partial charge in [-0.2, -0.15) is 0 Å². The number of hydrogen-bond acceptors (Lipinski definition) is 1. The molecule has 0 amide bonds. The number of hydrogen-bond donors (Lipinski definition) is 1. The third-order valence-corrected chi connectivity index (χ3v) is 1.07. The van der Waals surface area contributed by atoms with E-state index in [1.54, 1.807) is 0 Å². The normalized spacial score (nSPS) is 17.2. The van der Waals surface area contributed by atoms with Crippen molar-refractivity contribution in [2.24, 2.45) is 0 Å². The van der Waals surface area contributed by atoms with E-state index in [-0.39, 0.29) is 0 Å².